The first-order valence-corrected chi connectivity index (χ1v) is 5.50. The van der Waals surface area contributed by atoms with Crippen LogP contribution in [0.3, 0.4) is 0 Å². The Morgan fingerprint density at radius 1 is 1.40 bits per heavy atom. The summed E-state index contributed by atoms with van der Waals surface area (Å²) >= 11 is 0. The Kier molecular flexibility index (Phi) is 3.85. The highest BCUT2D eigenvalue weighted by Crippen LogP contribution is 2.18. The van der Waals surface area contributed by atoms with Gasteiger partial charge in [0, 0.05) is 17.9 Å². The molecular formula is C11H21N3O. The second-order valence-electron chi connectivity index (χ2n) is 4.92. The molecule has 0 aliphatic heterocycles. The highest BCUT2D eigenvalue weighted by molar-refractivity contribution is 5.00. The van der Waals surface area contributed by atoms with Crippen molar-refractivity contribution < 1.29 is 4.52 Å². The Bertz CT molecular complexity index is 301. The molecule has 15 heavy (non-hydrogen) atoms. The summed E-state index contributed by atoms with van der Waals surface area (Å²) in [6.45, 7) is 11.4. The van der Waals surface area contributed by atoms with Gasteiger partial charge in [0.2, 0.25) is 5.89 Å². The molecule has 0 aliphatic rings. The fourth-order valence-electron chi connectivity index (χ4n) is 1.32. The number of hydrogen-bond acceptors (Lipinski definition) is 4. The molecule has 0 aromatic carbocycles. The fraction of sp³-hybridized carbons (Fsp3) is 0.818. The molecule has 1 rings (SSSR count). The smallest absolute Gasteiger partial charge is 0.228 e. The van der Waals surface area contributed by atoms with Crippen molar-refractivity contribution in [2.24, 2.45) is 0 Å². The number of aromatic nitrogens is 2. The molecule has 1 unspecified atom stereocenters. The van der Waals surface area contributed by atoms with Gasteiger partial charge in [-0.3, -0.25) is 0 Å². The third-order valence-electron chi connectivity index (χ3n) is 2.17. The normalized spacial score (nSPS) is 14.2. The zero-order chi connectivity index (χ0) is 11.5. The highest BCUT2D eigenvalue weighted by atomic mass is 16.5. The number of nitrogens with one attached hydrogen (secondary N) is 1. The van der Waals surface area contributed by atoms with Crippen LogP contribution >= 0.6 is 0 Å². The van der Waals surface area contributed by atoms with Crippen LogP contribution in [-0.2, 0) is 11.8 Å². The molecule has 1 aromatic rings. The Morgan fingerprint density at radius 3 is 2.53 bits per heavy atom. The van der Waals surface area contributed by atoms with E-state index in [1.54, 1.807) is 0 Å². The molecule has 1 aromatic heterocycles. The minimum absolute atomic E-state index is 0.0385. The van der Waals surface area contributed by atoms with Gasteiger partial charge in [0.25, 0.3) is 0 Å². The summed E-state index contributed by atoms with van der Waals surface area (Å²) in [6.07, 6.45) is 0.789. The fourth-order valence-corrected chi connectivity index (χ4v) is 1.32. The first-order chi connectivity index (χ1) is 6.93. The largest absolute Gasteiger partial charge is 0.339 e. The van der Waals surface area contributed by atoms with Crippen molar-refractivity contribution in [2.75, 3.05) is 6.54 Å². The number of nitrogens with zero attached hydrogens (tertiary/aromatic N) is 2. The highest BCUT2D eigenvalue weighted by Gasteiger charge is 2.21. The van der Waals surface area contributed by atoms with E-state index in [4.69, 9.17) is 4.52 Å². The average Bonchev–Trinajstić information content (AvgIpc) is 2.52. The van der Waals surface area contributed by atoms with Crippen LogP contribution < -0.4 is 5.32 Å². The second kappa shape index (κ2) is 4.75. The first kappa shape index (κ1) is 12.2. The van der Waals surface area contributed by atoms with Gasteiger partial charge in [-0.15, -0.1) is 0 Å². The minimum atomic E-state index is -0.0385. The quantitative estimate of drug-likeness (QED) is 0.826. The summed E-state index contributed by atoms with van der Waals surface area (Å²) in [5.74, 6) is 1.49. The van der Waals surface area contributed by atoms with Crippen molar-refractivity contribution in [3.05, 3.63) is 11.7 Å². The van der Waals surface area contributed by atoms with Crippen LogP contribution in [0, 0.1) is 0 Å². The summed E-state index contributed by atoms with van der Waals surface area (Å²) < 4.78 is 5.21. The molecule has 0 fully saturated rings. The predicted molar refractivity (Wildman–Crippen MR) is 59.8 cm³/mol. The summed E-state index contributed by atoms with van der Waals surface area (Å²) in [6, 6.07) is 0.378. The molecular weight excluding hydrogens is 190 g/mol. The standard InChI is InChI=1S/C11H21N3O/c1-6-12-8(2)7-9-13-10(14-15-9)11(3,4)5/h8,12H,6-7H2,1-5H3. The Labute approximate surface area is 91.5 Å². The SMILES string of the molecule is CCNC(C)Cc1nc(C(C)(C)C)no1. The van der Waals surface area contributed by atoms with Crippen molar-refractivity contribution in [2.45, 2.75) is 52.5 Å². The topological polar surface area (TPSA) is 51.0 Å². The van der Waals surface area contributed by atoms with E-state index in [1.165, 1.54) is 0 Å². The number of likely N-dealkylation sites (N-methyl/N-ethyl adjacent to an activating group) is 1. The van der Waals surface area contributed by atoms with Crippen molar-refractivity contribution in [3.8, 4) is 0 Å². The van der Waals surface area contributed by atoms with Crippen LogP contribution in [0.2, 0.25) is 0 Å². The van der Waals surface area contributed by atoms with Gasteiger partial charge in [0.05, 0.1) is 0 Å². The zero-order valence-corrected chi connectivity index (χ0v) is 10.3. The maximum Gasteiger partial charge on any atom is 0.228 e. The third kappa shape index (κ3) is 3.63. The van der Waals surface area contributed by atoms with E-state index in [0.717, 1.165) is 18.8 Å². The van der Waals surface area contributed by atoms with Gasteiger partial charge in [0.1, 0.15) is 0 Å². The van der Waals surface area contributed by atoms with Crippen molar-refractivity contribution in [1.82, 2.24) is 15.5 Å². The maximum absolute atomic E-state index is 5.21. The second-order valence-corrected chi connectivity index (χ2v) is 4.92. The molecule has 4 nitrogen and oxygen atoms in total. The van der Waals surface area contributed by atoms with E-state index in [1.807, 2.05) is 0 Å². The third-order valence-corrected chi connectivity index (χ3v) is 2.17. The minimum Gasteiger partial charge on any atom is -0.339 e. The van der Waals surface area contributed by atoms with Gasteiger partial charge in [-0.2, -0.15) is 4.98 Å². The van der Waals surface area contributed by atoms with Crippen LogP contribution in [0.15, 0.2) is 4.52 Å². The molecule has 0 spiro atoms. The van der Waals surface area contributed by atoms with Gasteiger partial charge in [-0.1, -0.05) is 32.9 Å². The van der Waals surface area contributed by atoms with Crippen LogP contribution in [0.1, 0.15) is 46.3 Å². The molecule has 0 bridgehead atoms. The number of hydrogen-bond donors (Lipinski definition) is 1. The van der Waals surface area contributed by atoms with Crippen molar-refractivity contribution in [3.63, 3.8) is 0 Å². The Hall–Kier alpha value is -0.900. The lowest BCUT2D eigenvalue weighted by Gasteiger charge is -2.11. The molecule has 86 valence electrons. The van der Waals surface area contributed by atoms with Crippen LogP contribution in [0.5, 0.6) is 0 Å². The van der Waals surface area contributed by atoms with Gasteiger partial charge >= 0.3 is 0 Å². The lowest BCUT2D eigenvalue weighted by molar-refractivity contribution is 0.351. The van der Waals surface area contributed by atoms with Gasteiger partial charge in [-0.05, 0) is 13.5 Å². The van der Waals surface area contributed by atoms with Gasteiger partial charge in [0.15, 0.2) is 5.82 Å². The Morgan fingerprint density at radius 2 is 2.07 bits per heavy atom. The van der Waals surface area contributed by atoms with E-state index in [-0.39, 0.29) is 5.41 Å². The average molecular weight is 211 g/mol. The van der Waals surface area contributed by atoms with Crippen LogP contribution in [0.25, 0.3) is 0 Å². The zero-order valence-electron chi connectivity index (χ0n) is 10.3. The van der Waals surface area contributed by atoms with E-state index >= 15 is 0 Å². The molecule has 4 heteroatoms. The van der Waals surface area contributed by atoms with Crippen LogP contribution in [-0.4, -0.2) is 22.7 Å². The summed E-state index contributed by atoms with van der Waals surface area (Å²) in [7, 11) is 0. The number of rotatable bonds is 4. The van der Waals surface area contributed by atoms with Crippen molar-refractivity contribution in [1.29, 1.82) is 0 Å². The maximum atomic E-state index is 5.21. The molecule has 1 heterocycles. The van der Waals surface area contributed by atoms with Gasteiger partial charge in [-0.25, -0.2) is 0 Å². The molecule has 1 atom stereocenters. The van der Waals surface area contributed by atoms with E-state index < -0.39 is 0 Å². The van der Waals surface area contributed by atoms with E-state index in [2.05, 4.69) is 50.1 Å². The predicted octanol–water partition coefficient (Wildman–Crippen LogP) is 1.91. The summed E-state index contributed by atoms with van der Waals surface area (Å²) in [5.41, 5.74) is -0.0385. The summed E-state index contributed by atoms with van der Waals surface area (Å²) in [4.78, 5) is 4.39. The molecule has 0 aliphatic carbocycles. The molecule has 0 radical (unpaired) electrons. The van der Waals surface area contributed by atoms with E-state index in [0.29, 0.717) is 11.9 Å². The summed E-state index contributed by atoms with van der Waals surface area (Å²) in [5, 5.41) is 7.30. The molecule has 0 amide bonds. The molecule has 0 saturated carbocycles. The lowest BCUT2D eigenvalue weighted by atomic mass is 9.96. The van der Waals surface area contributed by atoms with Crippen LogP contribution in [0.4, 0.5) is 0 Å². The monoisotopic (exact) mass is 211 g/mol. The first-order valence-electron chi connectivity index (χ1n) is 5.50. The van der Waals surface area contributed by atoms with Crippen molar-refractivity contribution >= 4 is 0 Å². The molecule has 0 saturated heterocycles. The van der Waals surface area contributed by atoms with Gasteiger partial charge < -0.3 is 9.84 Å². The lowest BCUT2D eigenvalue weighted by Crippen LogP contribution is -2.27. The van der Waals surface area contributed by atoms with E-state index in [9.17, 15) is 0 Å². The molecule has 1 N–H and O–H groups in total. The Balaban J connectivity index is 2.61.